The number of phenolic OH excluding ortho intramolecular Hbond substituents is 1. The average Bonchev–Trinajstić information content (AvgIpc) is 2.47. The Morgan fingerprint density at radius 2 is 1.67 bits per heavy atom. The molecule has 0 spiro atoms. The van der Waals surface area contributed by atoms with E-state index in [0.29, 0.717) is 0 Å². The van der Waals surface area contributed by atoms with Crippen LogP contribution in [0.1, 0.15) is 15.9 Å². The van der Waals surface area contributed by atoms with Gasteiger partial charge in [0.15, 0.2) is 0 Å². The van der Waals surface area contributed by atoms with Gasteiger partial charge in [0, 0.05) is 0 Å². The van der Waals surface area contributed by atoms with Crippen LogP contribution in [0, 0.1) is 6.92 Å². The summed E-state index contributed by atoms with van der Waals surface area (Å²) in [5, 5.41) is 20.5. The predicted molar refractivity (Wildman–Crippen MR) is 82.7 cm³/mol. The number of benzene rings is 3. The Balaban J connectivity index is 2.14. The third-order valence-electron chi connectivity index (χ3n) is 3.72. The summed E-state index contributed by atoms with van der Waals surface area (Å²) in [5.74, 6) is -0.673. The van der Waals surface area contributed by atoms with Gasteiger partial charge >= 0.3 is 5.97 Å². The molecule has 3 rings (SSSR count). The van der Waals surface area contributed by atoms with E-state index >= 15 is 0 Å². The molecule has 3 nitrogen and oxygen atoms in total. The van der Waals surface area contributed by atoms with Gasteiger partial charge in [-0.2, -0.15) is 0 Å². The van der Waals surface area contributed by atoms with Gasteiger partial charge in [0.2, 0.25) is 0 Å². The van der Waals surface area contributed by atoms with E-state index in [9.17, 15) is 9.90 Å². The number of aryl methyl sites for hydroxylation is 1. The van der Waals surface area contributed by atoms with Gasteiger partial charge in [0.1, 0.15) is 5.75 Å². The summed E-state index contributed by atoms with van der Waals surface area (Å²) in [6.07, 6.45) is 0. The fourth-order valence-electron chi connectivity index (χ4n) is 2.58. The van der Waals surface area contributed by atoms with Gasteiger partial charge in [-0.05, 0) is 58.7 Å². The topological polar surface area (TPSA) is 57.5 Å². The number of rotatable bonds is 2. The number of carboxylic acids is 1. The summed E-state index contributed by atoms with van der Waals surface area (Å²) in [5.41, 5.74) is 3.43. The van der Waals surface area contributed by atoms with Crippen LogP contribution in [0.2, 0.25) is 0 Å². The lowest BCUT2D eigenvalue weighted by atomic mass is 9.94. The first kappa shape index (κ1) is 13.2. The van der Waals surface area contributed by atoms with Crippen LogP contribution in [-0.2, 0) is 0 Å². The van der Waals surface area contributed by atoms with E-state index in [1.54, 1.807) is 24.3 Å². The first-order valence-electron chi connectivity index (χ1n) is 6.62. The maximum Gasteiger partial charge on any atom is 0.335 e. The summed E-state index contributed by atoms with van der Waals surface area (Å²) in [6, 6.07) is 16.1. The van der Waals surface area contributed by atoms with Crippen molar-refractivity contribution in [2.45, 2.75) is 6.92 Å². The zero-order valence-electron chi connectivity index (χ0n) is 11.5. The molecule has 0 bridgehead atoms. The van der Waals surface area contributed by atoms with Crippen molar-refractivity contribution in [2.24, 2.45) is 0 Å². The van der Waals surface area contributed by atoms with Crippen LogP contribution in [0.5, 0.6) is 5.75 Å². The number of phenols is 1. The van der Waals surface area contributed by atoms with E-state index in [1.165, 1.54) is 0 Å². The minimum atomic E-state index is -0.924. The molecule has 104 valence electrons. The number of hydrogen-bond acceptors (Lipinski definition) is 2. The summed E-state index contributed by atoms with van der Waals surface area (Å²) in [4.78, 5) is 10.9. The SMILES string of the molecule is Cc1c(-c2ccc(C(=O)O)cc2)ccc2cc(O)ccc12. The summed E-state index contributed by atoms with van der Waals surface area (Å²) < 4.78 is 0. The first-order chi connectivity index (χ1) is 10.1. The van der Waals surface area contributed by atoms with Crippen LogP contribution < -0.4 is 0 Å². The van der Waals surface area contributed by atoms with Crippen LogP contribution in [0.15, 0.2) is 54.6 Å². The van der Waals surface area contributed by atoms with Crippen molar-refractivity contribution < 1.29 is 15.0 Å². The molecule has 2 N–H and O–H groups in total. The second-order valence-electron chi connectivity index (χ2n) is 5.03. The van der Waals surface area contributed by atoms with Crippen molar-refractivity contribution >= 4 is 16.7 Å². The molecule has 0 amide bonds. The molecule has 0 aliphatic heterocycles. The summed E-state index contributed by atoms with van der Waals surface area (Å²) in [6.45, 7) is 2.03. The molecule has 3 aromatic rings. The molecule has 0 saturated carbocycles. The van der Waals surface area contributed by atoms with Gasteiger partial charge < -0.3 is 10.2 Å². The van der Waals surface area contributed by atoms with Gasteiger partial charge in [-0.15, -0.1) is 0 Å². The summed E-state index contributed by atoms with van der Waals surface area (Å²) in [7, 11) is 0. The third kappa shape index (κ3) is 2.34. The van der Waals surface area contributed by atoms with Crippen LogP contribution in [-0.4, -0.2) is 16.2 Å². The van der Waals surface area contributed by atoms with Crippen molar-refractivity contribution in [2.75, 3.05) is 0 Å². The van der Waals surface area contributed by atoms with E-state index in [-0.39, 0.29) is 11.3 Å². The van der Waals surface area contributed by atoms with Crippen LogP contribution in [0.4, 0.5) is 0 Å². The van der Waals surface area contributed by atoms with E-state index in [0.717, 1.165) is 27.5 Å². The van der Waals surface area contributed by atoms with E-state index < -0.39 is 5.97 Å². The lowest BCUT2D eigenvalue weighted by Crippen LogP contribution is -1.95. The molecule has 0 aliphatic rings. The minimum absolute atomic E-state index is 0.250. The van der Waals surface area contributed by atoms with Crippen molar-refractivity contribution in [3.8, 4) is 16.9 Å². The van der Waals surface area contributed by atoms with E-state index in [1.807, 2.05) is 37.3 Å². The number of fused-ring (bicyclic) bond motifs is 1. The summed E-state index contributed by atoms with van der Waals surface area (Å²) >= 11 is 0. The molecule has 0 radical (unpaired) electrons. The average molecular weight is 278 g/mol. The number of carboxylic acid groups (broad SMARTS) is 1. The molecule has 3 heteroatoms. The maximum atomic E-state index is 10.9. The Morgan fingerprint density at radius 3 is 2.33 bits per heavy atom. The second kappa shape index (κ2) is 4.94. The van der Waals surface area contributed by atoms with Crippen LogP contribution in [0.3, 0.4) is 0 Å². The molecule has 0 atom stereocenters. The van der Waals surface area contributed by atoms with Gasteiger partial charge in [0.25, 0.3) is 0 Å². The molecular weight excluding hydrogens is 264 g/mol. The Kier molecular flexibility index (Phi) is 3.10. The number of aromatic hydroxyl groups is 1. The lowest BCUT2D eigenvalue weighted by Gasteiger charge is -2.10. The second-order valence-corrected chi connectivity index (χ2v) is 5.03. The lowest BCUT2D eigenvalue weighted by molar-refractivity contribution is 0.0697. The number of aromatic carboxylic acids is 1. The molecule has 21 heavy (non-hydrogen) atoms. The molecule has 0 heterocycles. The fourth-order valence-corrected chi connectivity index (χ4v) is 2.58. The monoisotopic (exact) mass is 278 g/mol. The highest BCUT2D eigenvalue weighted by Gasteiger charge is 2.08. The van der Waals surface area contributed by atoms with Crippen molar-refractivity contribution in [3.63, 3.8) is 0 Å². The highest BCUT2D eigenvalue weighted by molar-refractivity contribution is 5.93. The highest BCUT2D eigenvalue weighted by Crippen LogP contribution is 2.31. The smallest absolute Gasteiger partial charge is 0.335 e. The molecule has 0 unspecified atom stereocenters. The Bertz CT molecular complexity index is 833. The number of hydrogen-bond donors (Lipinski definition) is 2. The largest absolute Gasteiger partial charge is 0.508 e. The molecular formula is C18H14O3. The minimum Gasteiger partial charge on any atom is -0.508 e. The predicted octanol–water partition coefficient (Wildman–Crippen LogP) is 4.22. The van der Waals surface area contributed by atoms with Crippen molar-refractivity contribution in [1.82, 2.24) is 0 Å². The maximum absolute atomic E-state index is 10.9. The van der Waals surface area contributed by atoms with Gasteiger partial charge in [-0.1, -0.05) is 30.3 Å². The molecule has 0 saturated heterocycles. The Labute approximate surface area is 122 Å². The quantitative estimate of drug-likeness (QED) is 0.738. The Morgan fingerprint density at radius 1 is 0.952 bits per heavy atom. The van der Waals surface area contributed by atoms with Gasteiger partial charge in [-0.3, -0.25) is 0 Å². The zero-order chi connectivity index (χ0) is 15.0. The molecule has 0 fully saturated rings. The highest BCUT2D eigenvalue weighted by atomic mass is 16.4. The normalized spacial score (nSPS) is 10.7. The molecule has 0 aliphatic carbocycles. The third-order valence-corrected chi connectivity index (χ3v) is 3.72. The van der Waals surface area contributed by atoms with E-state index in [2.05, 4.69) is 0 Å². The number of carbonyl (C=O) groups is 1. The molecule has 0 aromatic heterocycles. The standard InChI is InChI=1S/C18H14O3/c1-11-16(12-2-4-13(5-3-12)18(20)21)8-6-14-10-15(19)7-9-17(11)14/h2-10,19H,1H3,(H,20,21). The Hall–Kier alpha value is -2.81. The fraction of sp³-hybridized carbons (Fsp3) is 0.0556. The van der Waals surface area contributed by atoms with Crippen molar-refractivity contribution in [1.29, 1.82) is 0 Å². The van der Waals surface area contributed by atoms with Gasteiger partial charge in [0.05, 0.1) is 5.56 Å². The van der Waals surface area contributed by atoms with Gasteiger partial charge in [-0.25, -0.2) is 4.79 Å². The van der Waals surface area contributed by atoms with Crippen molar-refractivity contribution in [3.05, 3.63) is 65.7 Å². The first-order valence-corrected chi connectivity index (χ1v) is 6.62. The van der Waals surface area contributed by atoms with Crippen LogP contribution >= 0.6 is 0 Å². The van der Waals surface area contributed by atoms with E-state index in [4.69, 9.17) is 5.11 Å². The zero-order valence-corrected chi connectivity index (χ0v) is 11.5. The molecule has 3 aromatic carbocycles. The van der Waals surface area contributed by atoms with Crippen LogP contribution in [0.25, 0.3) is 21.9 Å².